The Morgan fingerprint density at radius 1 is 1.22 bits per heavy atom. The van der Waals surface area contributed by atoms with E-state index >= 15 is 0 Å². The van der Waals surface area contributed by atoms with Crippen molar-refractivity contribution >= 4 is 22.8 Å². The van der Waals surface area contributed by atoms with E-state index in [1.807, 2.05) is 12.1 Å². The van der Waals surface area contributed by atoms with Gasteiger partial charge in [0.15, 0.2) is 0 Å². The van der Waals surface area contributed by atoms with Gasteiger partial charge in [0.2, 0.25) is 0 Å². The lowest BCUT2D eigenvalue weighted by atomic mass is 10.1. The zero-order valence-electron chi connectivity index (χ0n) is 9.59. The Kier molecular flexibility index (Phi) is 3.52. The van der Waals surface area contributed by atoms with Gasteiger partial charge in [0, 0.05) is 18.1 Å². The lowest BCUT2D eigenvalue weighted by Crippen LogP contribution is -2.26. The smallest absolute Gasteiger partial charge is 0.305 e. The van der Waals surface area contributed by atoms with Crippen LogP contribution in [-0.2, 0) is 4.79 Å². The van der Waals surface area contributed by atoms with Crippen molar-refractivity contribution in [2.24, 2.45) is 0 Å². The van der Waals surface area contributed by atoms with Crippen LogP contribution < -0.4 is 5.32 Å². The molecule has 0 aliphatic rings. The molecule has 2 aromatic rings. The first kappa shape index (κ1) is 12.0. The number of aliphatic carboxylic acids is 1. The Morgan fingerprint density at radius 2 is 2.00 bits per heavy atom. The van der Waals surface area contributed by atoms with E-state index in [9.17, 15) is 9.59 Å². The number of nitrogens with one attached hydrogen (secondary N) is 1. The SMILES string of the molecule is O=C(O)CCNC(=O)c1cccc2cccnc12. The third-order valence-electron chi connectivity index (χ3n) is 2.50. The molecular weight excluding hydrogens is 232 g/mol. The van der Waals surface area contributed by atoms with Gasteiger partial charge < -0.3 is 10.4 Å². The molecule has 5 heteroatoms. The minimum atomic E-state index is -0.939. The number of carbonyl (C=O) groups excluding carboxylic acids is 1. The van der Waals surface area contributed by atoms with Gasteiger partial charge in [-0.15, -0.1) is 0 Å². The molecule has 2 rings (SSSR count). The first-order chi connectivity index (χ1) is 8.68. The molecule has 0 saturated heterocycles. The van der Waals surface area contributed by atoms with E-state index in [0.29, 0.717) is 11.1 Å². The van der Waals surface area contributed by atoms with Crippen LogP contribution in [0, 0.1) is 0 Å². The lowest BCUT2D eigenvalue weighted by molar-refractivity contribution is -0.136. The first-order valence-corrected chi connectivity index (χ1v) is 5.52. The number of rotatable bonds is 4. The van der Waals surface area contributed by atoms with Gasteiger partial charge in [-0.25, -0.2) is 0 Å². The molecule has 0 aliphatic heterocycles. The zero-order valence-corrected chi connectivity index (χ0v) is 9.59. The van der Waals surface area contributed by atoms with Crippen LogP contribution in [0.5, 0.6) is 0 Å². The van der Waals surface area contributed by atoms with Crippen LogP contribution in [0.1, 0.15) is 16.8 Å². The van der Waals surface area contributed by atoms with Gasteiger partial charge in [0.25, 0.3) is 5.91 Å². The summed E-state index contributed by atoms with van der Waals surface area (Å²) in [5, 5.41) is 11.9. The monoisotopic (exact) mass is 244 g/mol. The van der Waals surface area contributed by atoms with Gasteiger partial charge >= 0.3 is 5.97 Å². The Labute approximate surface area is 103 Å². The van der Waals surface area contributed by atoms with Crippen molar-refractivity contribution in [1.82, 2.24) is 10.3 Å². The number of carboxylic acid groups (broad SMARTS) is 1. The fraction of sp³-hybridized carbons (Fsp3) is 0.154. The van der Waals surface area contributed by atoms with E-state index in [1.165, 1.54) is 0 Å². The number of fused-ring (bicyclic) bond motifs is 1. The molecule has 0 aliphatic carbocycles. The highest BCUT2D eigenvalue weighted by Crippen LogP contribution is 2.15. The van der Waals surface area contributed by atoms with E-state index < -0.39 is 5.97 Å². The largest absolute Gasteiger partial charge is 0.481 e. The van der Waals surface area contributed by atoms with Crippen molar-refractivity contribution in [3.63, 3.8) is 0 Å². The Balaban J connectivity index is 2.20. The van der Waals surface area contributed by atoms with Gasteiger partial charge in [0.1, 0.15) is 0 Å². The first-order valence-electron chi connectivity index (χ1n) is 5.52. The van der Waals surface area contributed by atoms with Gasteiger partial charge in [-0.05, 0) is 12.1 Å². The number of hydrogen-bond acceptors (Lipinski definition) is 3. The molecular formula is C13H12N2O3. The number of para-hydroxylation sites is 1. The average molecular weight is 244 g/mol. The average Bonchev–Trinajstić information content (AvgIpc) is 2.37. The molecule has 1 aromatic heterocycles. The van der Waals surface area contributed by atoms with Crippen LogP contribution >= 0.6 is 0 Å². The molecule has 1 heterocycles. The maximum Gasteiger partial charge on any atom is 0.305 e. The number of hydrogen-bond donors (Lipinski definition) is 2. The summed E-state index contributed by atoms with van der Waals surface area (Å²) >= 11 is 0. The van der Waals surface area contributed by atoms with Crippen LogP contribution in [0.4, 0.5) is 0 Å². The van der Waals surface area contributed by atoms with Crippen molar-refractivity contribution in [3.05, 3.63) is 42.1 Å². The highest BCUT2D eigenvalue weighted by molar-refractivity contribution is 6.05. The summed E-state index contributed by atoms with van der Waals surface area (Å²) in [6.45, 7) is 0.109. The number of carbonyl (C=O) groups is 2. The Bertz CT molecular complexity index is 590. The molecule has 1 amide bonds. The van der Waals surface area contributed by atoms with E-state index in [2.05, 4.69) is 10.3 Å². The van der Waals surface area contributed by atoms with E-state index in [-0.39, 0.29) is 18.9 Å². The van der Waals surface area contributed by atoms with Crippen LogP contribution in [0.15, 0.2) is 36.5 Å². The molecule has 92 valence electrons. The molecule has 2 N–H and O–H groups in total. The molecule has 0 radical (unpaired) electrons. The molecule has 0 saturated carbocycles. The van der Waals surface area contributed by atoms with Crippen molar-refractivity contribution in [2.45, 2.75) is 6.42 Å². The number of benzene rings is 1. The highest BCUT2D eigenvalue weighted by atomic mass is 16.4. The van der Waals surface area contributed by atoms with E-state index in [4.69, 9.17) is 5.11 Å². The molecule has 18 heavy (non-hydrogen) atoms. The zero-order chi connectivity index (χ0) is 13.0. The second kappa shape index (κ2) is 5.27. The van der Waals surface area contributed by atoms with Crippen molar-refractivity contribution in [1.29, 1.82) is 0 Å². The number of amides is 1. The predicted molar refractivity (Wildman–Crippen MR) is 66.3 cm³/mol. The fourth-order valence-corrected chi connectivity index (χ4v) is 1.67. The molecule has 0 fully saturated rings. The fourth-order valence-electron chi connectivity index (χ4n) is 1.67. The van der Waals surface area contributed by atoms with Crippen LogP contribution in [0.3, 0.4) is 0 Å². The number of nitrogens with zero attached hydrogens (tertiary/aromatic N) is 1. The second-order valence-electron chi connectivity index (χ2n) is 3.78. The lowest BCUT2D eigenvalue weighted by Gasteiger charge is -2.06. The highest BCUT2D eigenvalue weighted by Gasteiger charge is 2.10. The summed E-state index contributed by atoms with van der Waals surface area (Å²) in [5.74, 6) is -1.24. The maximum atomic E-state index is 11.9. The quantitative estimate of drug-likeness (QED) is 0.852. The van der Waals surface area contributed by atoms with Gasteiger partial charge in [-0.1, -0.05) is 18.2 Å². The summed E-state index contributed by atoms with van der Waals surface area (Å²) in [5.41, 5.74) is 1.08. The molecule has 0 unspecified atom stereocenters. The van der Waals surface area contributed by atoms with E-state index in [1.54, 1.807) is 24.4 Å². The normalized spacial score (nSPS) is 10.2. The number of carboxylic acids is 1. The minimum absolute atomic E-state index is 0.0933. The van der Waals surface area contributed by atoms with Crippen molar-refractivity contribution in [2.75, 3.05) is 6.54 Å². The molecule has 0 atom stereocenters. The maximum absolute atomic E-state index is 11.9. The van der Waals surface area contributed by atoms with Crippen molar-refractivity contribution in [3.8, 4) is 0 Å². The number of aromatic nitrogens is 1. The molecule has 0 spiro atoms. The summed E-state index contributed by atoms with van der Waals surface area (Å²) in [6, 6.07) is 8.99. The predicted octanol–water partition coefficient (Wildman–Crippen LogP) is 1.44. The third kappa shape index (κ3) is 2.63. The summed E-state index contributed by atoms with van der Waals surface area (Å²) in [7, 11) is 0. The van der Waals surface area contributed by atoms with E-state index in [0.717, 1.165) is 5.39 Å². The summed E-state index contributed by atoms with van der Waals surface area (Å²) < 4.78 is 0. The van der Waals surface area contributed by atoms with Crippen molar-refractivity contribution < 1.29 is 14.7 Å². The van der Waals surface area contributed by atoms with Crippen LogP contribution in [0.25, 0.3) is 10.9 Å². The minimum Gasteiger partial charge on any atom is -0.481 e. The van der Waals surface area contributed by atoms with Gasteiger partial charge in [0.05, 0.1) is 17.5 Å². The molecule has 1 aromatic carbocycles. The standard InChI is InChI=1S/C13H12N2O3/c16-11(17)6-8-15-13(18)10-5-1-3-9-4-2-7-14-12(9)10/h1-5,7H,6,8H2,(H,15,18)(H,16,17). The Morgan fingerprint density at radius 3 is 2.78 bits per heavy atom. The topological polar surface area (TPSA) is 79.3 Å². The number of pyridine rings is 1. The Hall–Kier alpha value is -2.43. The summed E-state index contributed by atoms with van der Waals surface area (Å²) in [4.78, 5) is 26.4. The van der Waals surface area contributed by atoms with Gasteiger partial charge in [-0.2, -0.15) is 0 Å². The summed E-state index contributed by atoms with van der Waals surface area (Å²) in [6.07, 6.45) is 1.53. The third-order valence-corrected chi connectivity index (χ3v) is 2.50. The van der Waals surface area contributed by atoms with Gasteiger partial charge in [-0.3, -0.25) is 14.6 Å². The molecule has 0 bridgehead atoms. The van der Waals surface area contributed by atoms with Crippen LogP contribution in [0.2, 0.25) is 0 Å². The van der Waals surface area contributed by atoms with Crippen LogP contribution in [-0.4, -0.2) is 28.5 Å². The molecule has 5 nitrogen and oxygen atoms in total. The second-order valence-corrected chi connectivity index (χ2v) is 3.78.